The Hall–Kier alpha value is -2.33. The van der Waals surface area contributed by atoms with Gasteiger partial charge in [0.05, 0.1) is 6.10 Å². The Balaban J connectivity index is 1.91. The molecule has 0 aliphatic carbocycles. The highest BCUT2D eigenvalue weighted by Gasteiger charge is 2.18. The summed E-state index contributed by atoms with van der Waals surface area (Å²) in [6.45, 7) is 4.17. The summed E-state index contributed by atoms with van der Waals surface area (Å²) >= 11 is 0. The average molecular weight is 313 g/mol. The summed E-state index contributed by atoms with van der Waals surface area (Å²) < 4.78 is 11.1. The van der Waals surface area contributed by atoms with Crippen LogP contribution in [0.5, 0.6) is 5.75 Å². The second kappa shape index (κ2) is 8.34. The van der Waals surface area contributed by atoms with Gasteiger partial charge in [-0.25, -0.2) is 0 Å². The van der Waals surface area contributed by atoms with E-state index in [1.807, 2.05) is 61.5 Å². The van der Waals surface area contributed by atoms with Crippen LogP contribution in [0.2, 0.25) is 0 Å². The third-order valence-electron chi connectivity index (χ3n) is 3.71. The van der Waals surface area contributed by atoms with E-state index in [2.05, 4.69) is 5.32 Å². The molecular weight excluding hydrogens is 290 g/mol. The molecule has 2 rings (SSSR count). The number of benzene rings is 2. The molecule has 0 saturated carbocycles. The van der Waals surface area contributed by atoms with Crippen LogP contribution in [0.3, 0.4) is 0 Å². The summed E-state index contributed by atoms with van der Waals surface area (Å²) in [4.78, 5) is 12.2. The maximum atomic E-state index is 12.2. The van der Waals surface area contributed by atoms with Crippen molar-refractivity contribution in [3.05, 3.63) is 65.7 Å². The zero-order valence-electron chi connectivity index (χ0n) is 13.8. The number of hydrogen-bond acceptors (Lipinski definition) is 3. The minimum absolute atomic E-state index is 0.163. The first-order valence-electron chi connectivity index (χ1n) is 7.69. The first kappa shape index (κ1) is 17.0. The van der Waals surface area contributed by atoms with Gasteiger partial charge in [-0.1, -0.05) is 42.5 Å². The molecule has 0 fully saturated rings. The molecule has 1 N–H and O–H groups in total. The Morgan fingerprint density at radius 1 is 1.09 bits per heavy atom. The molecule has 1 amide bonds. The molecule has 23 heavy (non-hydrogen) atoms. The van der Waals surface area contributed by atoms with E-state index in [-0.39, 0.29) is 12.0 Å². The Kier molecular flexibility index (Phi) is 6.18. The van der Waals surface area contributed by atoms with Gasteiger partial charge in [0.1, 0.15) is 5.75 Å². The monoisotopic (exact) mass is 313 g/mol. The molecule has 2 aromatic rings. The lowest BCUT2D eigenvalue weighted by molar-refractivity contribution is -0.127. The lowest BCUT2D eigenvalue weighted by atomic mass is 10.0. The van der Waals surface area contributed by atoms with Gasteiger partial charge in [0.2, 0.25) is 0 Å². The molecule has 0 saturated heterocycles. The number of amides is 1. The largest absolute Gasteiger partial charge is 0.481 e. The predicted octanol–water partition coefficient (Wildman–Crippen LogP) is 3.27. The second-order valence-corrected chi connectivity index (χ2v) is 5.40. The molecule has 0 heterocycles. The van der Waals surface area contributed by atoms with Gasteiger partial charge in [0.15, 0.2) is 6.10 Å². The summed E-state index contributed by atoms with van der Waals surface area (Å²) in [7, 11) is 1.65. The van der Waals surface area contributed by atoms with E-state index in [1.54, 1.807) is 14.0 Å². The van der Waals surface area contributed by atoms with E-state index in [0.29, 0.717) is 12.3 Å². The Labute approximate surface area is 137 Å². The molecule has 2 atom stereocenters. The van der Waals surface area contributed by atoms with Crippen LogP contribution in [0.4, 0.5) is 0 Å². The van der Waals surface area contributed by atoms with Gasteiger partial charge in [0, 0.05) is 13.7 Å². The van der Waals surface area contributed by atoms with Crippen molar-refractivity contribution in [2.24, 2.45) is 0 Å². The number of carbonyl (C=O) groups excluding carboxylic acids is 1. The number of hydrogen-bond donors (Lipinski definition) is 1. The highest BCUT2D eigenvalue weighted by molar-refractivity contribution is 5.80. The fourth-order valence-corrected chi connectivity index (χ4v) is 2.36. The van der Waals surface area contributed by atoms with Crippen molar-refractivity contribution in [3.63, 3.8) is 0 Å². The van der Waals surface area contributed by atoms with Crippen molar-refractivity contribution in [3.8, 4) is 5.75 Å². The summed E-state index contributed by atoms with van der Waals surface area (Å²) in [6.07, 6.45) is -0.740. The minimum Gasteiger partial charge on any atom is -0.481 e. The highest BCUT2D eigenvalue weighted by atomic mass is 16.5. The molecule has 122 valence electrons. The van der Waals surface area contributed by atoms with Crippen molar-refractivity contribution in [2.75, 3.05) is 13.7 Å². The fourth-order valence-electron chi connectivity index (χ4n) is 2.36. The quantitative estimate of drug-likeness (QED) is 0.853. The van der Waals surface area contributed by atoms with Crippen LogP contribution in [0.15, 0.2) is 54.6 Å². The first-order valence-corrected chi connectivity index (χ1v) is 7.69. The van der Waals surface area contributed by atoms with Crippen molar-refractivity contribution in [1.82, 2.24) is 5.32 Å². The molecule has 0 aromatic heterocycles. The van der Waals surface area contributed by atoms with Crippen LogP contribution in [-0.2, 0) is 9.53 Å². The molecule has 4 nitrogen and oxygen atoms in total. The Morgan fingerprint density at radius 2 is 1.74 bits per heavy atom. The number of aryl methyl sites for hydroxylation is 1. The van der Waals surface area contributed by atoms with E-state index >= 15 is 0 Å². The van der Waals surface area contributed by atoms with Crippen molar-refractivity contribution in [2.45, 2.75) is 26.1 Å². The van der Waals surface area contributed by atoms with E-state index in [9.17, 15) is 4.79 Å². The minimum atomic E-state index is -0.563. The third kappa shape index (κ3) is 4.83. The van der Waals surface area contributed by atoms with Crippen LogP contribution in [0, 0.1) is 6.92 Å². The SMILES string of the molecule is COC(CNC(=O)C(C)Oc1ccccc1)c1ccccc1C. The molecular formula is C19H23NO3. The van der Waals surface area contributed by atoms with Gasteiger partial charge >= 0.3 is 0 Å². The average Bonchev–Trinajstić information content (AvgIpc) is 2.57. The lowest BCUT2D eigenvalue weighted by Gasteiger charge is -2.20. The van der Waals surface area contributed by atoms with Crippen LogP contribution >= 0.6 is 0 Å². The lowest BCUT2D eigenvalue weighted by Crippen LogP contribution is -2.38. The topological polar surface area (TPSA) is 47.6 Å². The van der Waals surface area contributed by atoms with Crippen LogP contribution in [-0.4, -0.2) is 25.7 Å². The molecule has 2 unspecified atom stereocenters. The summed E-state index contributed by atoms with van der Waals surface area (Å²) in [5.74, 6) is 0.516. The smallest absolute Gasteiger partial charge is 0.260 e. The third-order valence-corrected chi connectivity index (χ3v) is 3.71. The molecule has 2 aromatic carbocycles. The highest BCUT2D eigenvalue weighted by Crippen LogP contribution is 2.19. The number of carbonyl (C=O) groups is 1. The first-order chi connectivity index (χ1) is 11.1. The van der Waals surface area contributed by atoms with Gasteiger partial charge in [-0.2, -0.15) is 0 Å². The van der Waals surface area contributed by atoms with Gasteiger partial charge in [-0.15, -0.1) is 0 Å². The van der Waals surface area contributed by atoms with E-state index in [0.717, 1.165) is 11.1 Å². The van der Waals surface area contributed by atoms with E-state index < -0.39 is 6.10 Å². The normalized spacial score (nSPS) is 13.2. The summed E-state index contributed by atoms with van der Waals surface area (Å²) in [5, 5.41) is 2.89. The molecule has 4 heteroatoms. The van der Waals surface area contributed by atoms with Crippen LogP contribution in [0.25, 0.3) is 0 Å². The number of nitrogens with one attached hydrogen (secondary N) is 1. The van der Waals surface area contributed by atoms with Crippen LogP contribution < -0.4 is 10.1 Å². The van der Waals surface area contributed by atoms with Gasteiger partial charge in [-0.3, -0.25) is 4.79 Å². The maximum Gasteiger partial charge on any atom is 0.260 e. The van der Waals surface area contributed by atoms with Gasteiger partial charge in [-0.05, 0) is 37.1 Å². The standard InChI is InChI=1S/C19H23NO3/c1-14-9-7-8-12-17(14)18(22-3)13-20-19(21)15(2)23-16-10-5-4-6-11-16/h4-12,15,18H,13H2,1-3H3,(H,20,21). The van der Waals surface area contributed by atoms with E-state index in [1.165, 1.54) is 0 Å². The number of para-hydroxylation sites is 1. The van der Waals surface area contributed by atoms with Crippen molar-refractivity contribution >= 4 is 5.91 Å². The Bertz CT molecular complexity index is 628. The maximum absolute atomic E-state index is 12.2. The zero-order valence-corrected chi connectivity index (χ0v) is 13.8. The Morgan fingerprint density at radius 3 is 2.39 bits per heavy atom. The van der Waals surface area contributed by atoms with Crippen molar-refractivity contribution < 1.29 is 14.3 Å². The number of methoxy groups -OCH3 is 1. The second-order valence-electron chi connectivity index (χ2n) is 5.40. The number of rotatable bonds is 7. The van der Waals surface area contributed by atoms with Crippen LogP contribution in [0.1, 0.15) is 24.2 Å². The molecule has 0 aliphatic rings. The number of ether oxygens (including phenoxy) is 2. The summed E-state index contributed by atoms with van der Waals surface area (Å²) in [6, 6.07) is 17.3. The molecule has 0 aliphatic heterocycles. The molecule has 0 spiro atoms. The fraction of sp³-hybridized carbons (Fsp3) is 0.316. The van der Waals surface area contributed by atoms with Gasteiger partial charge in [0.25, 0.3) is 5.91 Å². The van der Waals surface area contributed by atoms with Gasteiger partial charge < -0.3 is 14.8 Å². The van der Waals surface area contributed by atoms with E-state index in [4.69, 9.17) is 9.47 Å². The molecule has 0 bridgehead atoms. The van der Waals surface area contributed by atoms with Crippen molar-refractivity contribution in [1.29, 1.82) is 0 Å². The molecule has 0 radical (unpaired) electrons. The zero-order chi connectivity index (χ0) is 16.7. The predicted molar refractivity (Wildman–Crippen MR) is 90.5 cm³/mol. The summed E-state index contributed by atoms with van der Waals surface area (Å²) in [5.41, 5.74) is 2.22.